The van der Waals surface area contributed by atoms with Crippen LogP contribution < -0.4 is 10.5 Å². The van der Waals surface area contributed by atoms with Crippen LogP contribution in [0.2, 0.25) is 0 Å². The van der Waals surface area contributed by atoms with Crippen molar-refractivity contribution in [3.05, 3.63) is 46.7 Å². The van der Waals surface area contributed by atoms with E-state index in [4.69, 9.17) is 10.5 Å². The van der Waals surface area contributed by atoms with Crippen LogP contribution in [0.3, 0.4) is 0 Å². The van der Waals surface area contributed by atoms with Crippen LogP contribution in [0.25, 0.3) is 0 Å². The average Bonchev–Trinajstić information content (AvgIpc) is 2.97. The lowest BCUT2D eigenvalue weighted by Gasteiger charge is -2.17. The van der Waals surface area contributed by atoms with Crippen LogP contribution in [-0.2, 0) is 11.2 Å². The molecule has 0 fully saturated rings. The predicted molar refractivity (Wildman–Crippen MR) is 82.0 cm³/mol. The molecule has 2 rings (SSSR count). The van der Waals surface area contributed by atoms with Crippen molar-refractivity contribution in [3.8, 4) is 5.75 Å². The van der Waals surface area contributed by atoms with Gasteiger partial charge in [0.25, 0.3) is 5.91 Å². The van der Waals surface area contributed by atoms with E-state index in [-0.39, 0.29) is 12.5 Å². The van der Waals surface area contributed by atoms with Crippen molar-refractivity contribution in [1.82, 2.24) is 4.90 Å². The number of ether oxygens (including phenoxy) is 1. The monoisotopic (exact) mass is 290 g/mol. The average molecular weight is 290 g/mol. The standard InChI is InChI=1S/C15H18N2O2S/c1-17(9-8-12-5-4-10-20-12)15(18)11-19-14-7-3-2-6-13(14)16/h2-7,10H,8-9,11,16H2,1H3. The van der Waals surface area contributed by atoms with Crippen molar-refractivity contribution < 1.29 is 9.53 Å². The summed E-state index contributed by atoms with van der Waals surface area (Å²) >= 11 is 1.70. The van der Waals surface area contributed by atoms with E-state index in [1.54, 1.807) is 35.4 Å². The van der Waals surface area contributed by atoms with Gasteiger partial charge in [-0.2, -0.15) is 0 Å². The van der Waals surface area contributed by atoms with E-state index in [0.29, 0.717) is 18.0 Å². The lowest BCUT2D eigenvalue weighted by atomic mass is 10.3. The number of thiophene rings is 1. The predicted octanol–water partition coefficient (Wildman–Crippen LogP) is 2.41. The smallest absolute Gasteiger partial charge is 0.260 e. The fourth-order valence-corrected chi connectivity index (χ4v) is 2.42. The zero-order chi connectivity index (χ0) is 14.4. The number of nitrogens with zero attached hydrogens (tertiary/aromatic N) is 1. The molecule has 0 aliphatic rings. The molecule has 0 unspecified atom stereocenters. The molecule has 0 bridgehead atoms. The molecule has 0 aliphatic heterocycles. The molecule has 0 atom stereocenters. The lowest BCUT2D eigenvalue weighted by Crippen LogP contribution is -2.33. The zero-order valence-corrected chi connectivity index (χ0v) is 12.2. The van der Waals surface area contributed by atoms with Crippen molar-refractivity contribution in [3.63, 3.8) is 0 Å². The minimum Gasteiger partial charge on any atom is -0.482 e. The number of nitrogen functional groups attached to an aromatic ring is 1. The quantitative estimate of drug-likeness (QED) is 0.831. The van der Waals surface area contributed by atoms with Gasteiger partial charge in [0.2, 0.25) is 0 Å². The number of benzene rings is 1. The van der Waals surface area contributed by atoms with Crippen molar-refractivity contribution in [2.75, 3.05) is 25.9 Å². The number of carbonyl (C=O) groups is 1. The molecular formula is C15H18N2O2S. The summed E-state index contributed by atoms with van der Waals surface area (Å²) < 4.78 is 5.44. The van der Waals surface area contributed by atoms with Gasteiger partial charge in [-0.05, 0) is 30.0 Å². The molecule has 0 saturated carbocycles. The summed E-state index contributed by atoms with van der Waals surface area (Å²) in [7, 11) is 1.79. The normalized spacial score (nSPS) is 10.2. The summed E-state index contributed by atoms with van der Waals surface area (Å²) in [6, 6.07) is 11.3. The van der Waals surface area contributed by atoms with Gasteiger partial charge in [-0.3, -0.25) is 4.79 Å². The number of likely N-dealkylation sites (N-methyl/N-ethyl adjacent to an activating group) is 1. The van der Waals surface area contributed by atoms with Crippen LogP contribution in [0.15, 0.2) is 41.8 Å². The Morgan fingerprint density at radius 3 is 2.80 bits per heavy atom. The van der Waals surface area contributed by atoms with Gasteiger partial charge in [0, 0.05) is 18.5 Å². The molecule has 1 aromatic carbocycles. The minimum atomic E-state index is -0.0511. The second kappa shape index (κ2) is 6.96. The maximum Gasteiger partial charge on any atom is 0.260 e. The number of nitrogens with two attached hydrogens (primary N) is 1. The molecule has 0 aliphatic carbocycles. The maximum absolute atomic E-state index is 12.0. The van der Waals surface area contributed by atoms with Gasteiger partial charge < -0.3 is 15.4 Å². The molecule has 5 heteroatoms. The highest BCUT2D eigenvalue weighted by Gasteiger charge is 2.10. The fraction of sp³-hybridized carbons (Fsp3) is 0.267. The molecule has 0 spiro atoms. The third-order valence-corrected chi connectivity index (χ3v) is 3.91. The van der Waals surface area contributed by atoms with E-state index < -0.39 is 0 Å². The number of amides is 1. The van der Waals surface area contributed by atoms with Crippen LogP contribution in [0.4, 0.5) is 5.69 Å². The highest BCUT2D eigenvalue weighted by atomic mass is 32.1. The summed E-state index contributed by atoms with van der Waals surface area (Å²) in [6.45, 7) is 0.697. The topological polar surface area (TPSA) is 55.6 Å². The molecule has 20 heavy (non-hydrogen) atoms. The van der Waals surface area contributed by atoms with Crippen LogP contribution in [0.1, 0.15) is 4.88 Å². The Kier molecular flexibility index (Phi) is 5.01. The molecule has 4 nitrogen and oxygen atoms in total. The Bertz CT molecular complexity index is 555. The van der Waals surface area contributed by atoms with E-state index in [1.165, 1.54) is 4.88 Å². The Hall–Kier alpha value is -2.01. The minimum absolute atomic E-state index is 0.00908. The Labute approximate surface area is 122 Å². The summed E-state index contributed by atoms with van der Waals surface area (Å²) in [5, 5.41) is 2.04. The van der Waals surface area contributed by atoms with Crippen LogP contribution in [0, 0.1) is 0 Å². The van der Waals surface area contributed by atoms with Crippen molar-refractivity contribution in [1.29, 1.82) is 0 Å². The van der Waals surface area contributed by atoms with Gasteiger partial charge in [-0.15, -0.1) is 11.3 Å². The molecular weight excluding hydrogens is 272 g/mol. The number of hydrogen-bond acceptors (Lipinski definition) is 4. The van der Waals surface area contributed by atoms with Crippen LogP contribution in [-0.4, -0.2) is 31.0 Å². The number of anilines is 1. The molecule has 1 amide bonds. The first-order valence-corrected chi connectivity index (χ1v) is 7.28. The second-order valence-corrected chi connectivity index (χ2v) is 5.50. The molecule has 2 N–H and O–H groups in total. The Morgan fingerprint density at radius 1 is 1.30 bits per heavy atom. The summed E-state index contributed by atoms with van der Waals surface area (Å²) in [5.74, 6) is 0.498. The highest BCUT2D eigenvalue weighted by molar-refractivity contribution is 7.09. The molecule has 106 valence electrons. The van der Waals surface area contributed by atoms with Gasteiger partial charge in [-0.1, -0.05) is 18.2 Å². The summed E-state index contributed by atoms with van der Waals surface area (Å²) in [5.41, 5.74) is 6.30. The third-order valence-electron chi connectivity index (χ3n) is 2.97. The van der Waals surface area contributed by atoms with Crippen molar-refractivity contribution in [2.24, 2.45) is 0 Å². The number of para-hydroxylation sites is 2. The first-order chi connectivity index (χ1) is 9.66. The maximum atomic E-state index is 12.0. The van der Waals surface area contributed by atoms with Gasteiger partial charge in [0.1, 0.15) is 5.75 Å². The largest absolute Gasteiger partial charge is 0.482 e. The van der Waals surface area contributed by atoms with Gasteiger partial charge in [0.05, 0.1) is 5.69 Å². The molecule has 0 radical (unpaired) electrons. The number of carbonyl (C=O) groups excluding carboxylic acids is 1. The first-order valence-electron chi connectivity index (χ1n) is 6.40. The van der Waals surface area contributed by atoms with Crippen LogP contribution >= 0.6 is 11.3 Å². The van der Waals surface area contributed by atoms with Crippen LogP contribution in [0.5, 0.6) is 5.75 Å². The van der Waals surface area contributed by atoms with Gasteiger partial charge >= 0.3 is 0 Å². The third kappa shape index (κ3) is 3.99. The molecule has 2 aromatic rings. The first kappa shape index (κ1) is 14.4. The van der Waals surface area contributed by atoms with Gasteiger partial charge in [-0.25, -0.2) is 0 Å². The van der Waals surface area contributed by atoms with Crippen molar-refractivity contribution in [2.45, 2.75) is 6.42 Å². The summed E-state index contributed by atoms with van der Waals surface area (Å²) in [6.07, 6.45) is 0.868. The van der Waals surface area contributed by atoms with E-state index in [9.17, 15) is 4.79 Å². The number of hydrogen-bond donors (Lipinski definition) is 1. The number of rotatable bonds is 6. The zero-order valence-electron chi connectivity index (χ0n) is 11.4. The molecule has 0 saturated heterocycles. The Morgan fingerprint density at radius 2 is 2.10 bits per heavy atom. The van der Waals surface area contributed by atoms with Gasteiger partial charge in [0.15, 0.2) is 6.61 Å². The Balaban J connectivity index is 1.78. The fourth-order valence-electron chi connectivity index (χ4n) is 1.72. The van der Waals surface area contributed by atoms with E-state index in [2.05, 4.69) is 6.07 Å². The highest BCUT2D eigenvalue weighted by Crippen LogP contribution is 2.19. The van der Waals surface area contributed by atoms with Crippen molar-refractivity contribution >= 4 is 22.9 Å². The lowest BCUT2D eigenvalue weighted by molar-refractivity contribution is -0.132. The van der Waals surface area contributed by atoms with E-state index in [1.807, 2.05) is 23.6 Å². The van der Waals surface area contributed by atoms with E-state index in [0.717, 1.165) is 6.42 Å². The molecule has 1 aromatic heterocycles. The second-order valence-electron chi connectivity index (χ2n) is 4.47. The molecule has 1 heterocycles. The van der Waals surface area contributed by atoms with E-state index >= 15 is 0 Å². The summed E-state index contributed by atoms with van der Waals surface area (Å²) in [4.78, 5) is 14.9. The SMILES string of the molecule is CN(CCc1cccs1)C(=O)COc1ccccc1N.